The summed E-state index contributed by atoms with van der Waals surface area (Å²) in [5.41, 5.74) is 0.703. The van der Waals surface area contributed by atoms with Crippen LogP contribution in [0.3, 0.4) is 0 Å². The van der Waals surface area contributed by atoms with E-state index in [4.69, 9.17) is 4.74 Å². The van der Waals surface area contributed by atoms with E-state index in [-0.39, 0.29) is 11.7 Å². The van der Waals surface area contributed by atoms with Crippen molar-refractivity contribution < 1.29 is 17.9 Å². The number of nitrogens with one attached hydrogen (secondary N) is 2. The Morgan fingerprint density at radius 3 is 2.85 bits per heavy atom. The van der Waals surface area contributed by atoms with Gasteiger partial charge < -0.3 is 10.1 Å². The van der Waals surface area contributed by atoms with Gasteiger partial charge in [0.2, 0.25) is 10.0 Å². The summed E-state index contributed by atoms with van der Waals surface area (Å²) in [4.78, 5) is 11.6. The van der Waals surface area contributed by atoms with E-state index in [1.165, 1.54) is 0 Å². The van der Waals surface area contributed by atoms with Gasteiger partial charge in [-0.3, -0.25) is 9.52 Å². The summed E-state index contributed by atoms with van der Waals surface area (Å²) in [6, 6.07) is 4.97. The number of carbonyl (C=O) groups is 1. The van der Waals surface area contributed by atoms with E-state index >= 15 is 0 Å². The van der Waals surface area contributed by atoms with Crippen LogP contribution in [0, 0.1) is 0 Å². The average Bonchev–Trinajstić information content (AvgIpc) is 2.38. The van der Waals surface area contributed by atoms with Crippen LogP contribution in [0.5, 0.6) is 5.75 Å². The Kier molecular flexibility index (Phi) is 4.17. The number of hydrogen-bond donors (Lipinski definition) is 2. The van der Waals surface area contributed by atoms with Crippen molar-refractivity contribution in [2.24, 2.45) is 0 Å². The third kappa shape index (κ3) is 3.22. The zero-order valence-corrected chi connectivity index (χ0v) is 12.3. The number of para-hydroxylation sites is 1. The number of carbonyl (C=O) groups excluding carboxylic acids is 1. The standard InChI is InChI=1S/C13H18N2O4S/c1-3-4-8-20(17,18)15-10-6-5-7-11-12(10)14-13(16)9(2)19-11/h5-7,9,15H,3-4,8H2,1-2H3,(H,14,16). The molecular weight excluding hydrogens is 280 g/mol. The van der Waals surface area contributed by atoms with E-state index in [0.29, 0.717) is 23.5 Å². The second kappa shape index (κ2) is 5.70. The number of fused-ring (bicyclic) bond motifs is 1. The smallest absolute Gasteiger partial charge is 0.265 e. The maximum Gasteiger partial charge on any atom is 0.265 e. The number of anilines is 2. The molecule has 2 rings (SSSR count). The van der Waals surface area contributed by atoms with E-state index in [1.807, 2.05) is 6.92 Å². The molecule has 0 saturated carbocycles. The van der Waals surface area contributed by atoms with Gasteiger partial charge in [-0.25, -0.2) is 8.42 Å². The van der Waals surface area contributed by atoms with Crippen molar-refractivity contribution in [3.8, 4) is 5.75 Å². The first-order valence-electron chi connectivity index (χ1n) is 6.54. The highest BCUT2D eigenvalue weighted by atomic mass is 32.2. The van der Waals surface area contributed by atoms with Crippen molar-refractivity contribution in [1.29, 1.82) is 0 Å². The summed E-state index contributed by atoms with van der Waals surface area (Å²) in [5, 5.41) is 2.67. The van der Waals surface area contributed by atoms with Gasteiger partial charge >= 0.3 is 0 Å². The Balaban J connectivity index is 2.26. The Hall–Kier alpha value is -1.76. The van der Waals surface area contributed by atoms with Crippen LogP contribution in [0.15, 0.2) is 18.2 Å². The second-order valence-corrected chi connectivity index (χ2v) is 6.54. The van der Waals surface area contributed by atoms with Crippen molar-refractivity contribution >= 4 is 27.3 Å². The average molecular weight is 298 g/mol. The molecule has 1 atom stereocenters. The zero-order chi connectivity index (χ0) is 14.8. The highest BCUT2D eigenvalue weighted by Gasteiger charge is 2.26. The van der Waals surface area contributed by atoms with Crippen LogP contribution in [0.25, 0.3) is 0 Å². The molecule has 6 nitrogen and oxygen atoms in total. The van der Waals surface area contributed by atoms with E-state index in [9.17, 15) is 13.2 Å². The normalized spacial score (nSPS) is 17.9. The first-order chi connectivity index (χ1) is 9.43. The van der Waals surface area contributed by atoms with Gasteiger partial charge in [-0.15, -0.1) is 0 Å². The fourth-order valence-corrected chi connectivity index (χ4v) is 3.14. The molecule has 1 aromatic rings. The van der Waals surface area contributed by atoms with Crippen molar-refractivity contribution in [3.63, 3.8) is 0 Å². The number of hydrogen-bond acceptors (Lipinski definition) is 4. The SMILES string of the molecule is CCCCS(=O)(=O)Nc1cccc2c1NC(=O)C(C)O2. The van der Waals surface area contributed by atoms with Crippen LogP contribution in [-0.4, -0.2) is 26.2 Å². The number of sulfonamides is 1. The predicted octanol–water partition coefficient (Wildman–Crippen LogP) is 1.95. The van der Waals surface area contributed by atoms with Crippen LogP contribution >= 0.6 is 0 Å². The molecule has 0 aromatic heterocycles. The third-order valence-corrected chi connectivity index (χ3v) is 4.34. The Morgan fingerprint density at radius 2 is 2.15 bits per heavy atom. The lowest BCUT2D eigenvalue weighted by atomic mass is 10.2. The minimum atomic E-state index is -3.42. The quantitative estimate of drug-likeness (QED) is 0.870. The number of rotatable bonds is 5. The Labute approximate surface area is 118 Å². The molecule has 0 saturated heterocycles. The molecule has 1 aliphatic rings. The molecule has 1 unspecified atom stereocenters. The Bertz CT molecular complexity index is 613. The zero-order valence-electron chi connectivity index (χ0n) is 11.5. The molecule has 1 aliphatic heterocycles. The number of ether oxygens (including phenoxy) is 1. The second-order valence-electron chi connectivity index (χ2n) is 4.70. The van der Waals surface area contributed by atoms with Crippen LogP contribution in [0.1, 0.15) is 26.7 Å². The molecule has 1 aromatic carbocycles. The molecule has 7 heteroatoms. The van der Waals surface area contributed by atoms with Gasteiger partial charge in [-0.05, 0) is 25.5 Å². The number of amides is 1. The van der Waals surface area contributed by atoms with Gasteiger partial charge in [0.15, 0.2) is 6.10 Å². The van der Waals surface area contributed by atoms with Crippen LogP contribution in [0.4, 0.5) is 11.4 Å². The molecule has 0 bridgehead atoms. The molecule has 110 valence electrons. The van der Waals surface area contributed by atoms with Gasteiger partial charge in [0, 0.05) is 0 Å². The highest BCUT2D eigenvalue weighted by molar-refractivity contribution is 7.92. The van der Waals surface area contributed by atoms with Crippen LogP contribution < -0.4 is 14.8 Å². The molecule has 0 aliphatic carbocycles. The van der Waals surface area contributed by atoms with Crippen LogP contribution in [0.2, 0.25) is 0 Å². The molecule has 20 heavy (non-hydrogen) atoms. The molecular formula is C13H18N2O4S. The van der Waals surface area contributed by atoms with E-state index in [0.717, 1.165) is 6.42 Å². The summed E-state index contributed by atoms with van der Waals surface area (Å²) in [7, 11) is -3.42. The van der Waals surface area contributed by atoms with E-state index in [1.54, 1.807) is 25.1 Å². The van der Waals surface area contributed by atoms with Crippen molar-refractivity contribution in [1.82, 2.24) is 0 Å². The summed E-state index contributed by atoms with van der Waals surface area (Å²) in [6.45, 7) is 3.56. The molecule has 1 amide bonds. The first-order valence-corrected chi connectivity index (χ1v) is 8.19. The fourth-order valence-electron chi connectivity index (χ4n) is 1.87. The van der Waals surface area contributed by atoms with Crippen molar-refractivity contribution in [3.05, 3.63) is 18.2 Å². The lowest BCUT2D eigenvalue weighted by Crippen LogP contribution is -2.35. The minimum Gasteiger partial charge on any atom is -0.479 e. The molecule has 0 spiro atoms. The lowest BCUT2D eigenvalue weighted by Gasteiger charge is -2.25. The monoisotopic (exact) mass is 298 g/mol. The third-order valence-electron chi connectivity index (χ3n) is 2.98. The van der Waals surface area contributed by atoms with Crippen molar-refractivity contribution in [2.75, 3.05) is 15.8 Å². The van der Waals surface area contributed by atoms with Gasteiger partial charge in [-0.2, -0.15) is 0 Å². The van der Waals surface area contributed by atoms with Gasteiger partial charge in [0.25, 0.3) is 5.91 Å². The maximum atomic E-state index is 11.9. The Morgan fingerprint density at radius 1 is 1.40 bits per heavy atom. The van der Waals surface area contributed by atoms with Gasteiger partial charge in [0.05, 0.1) is 11.4 Å². The number of benzene rings is 1. The predicted molar refractivity (Wildman–Crippen MR) is 77.5 cm³/mol. The molecule has 2 N–H and O–H groups in total. The van der Waals surface area contributed by atoms with Gasteiger partial charge in [0.1, 0.15) is 11.4 Å². The molecule has 0 fully saturated rings. The van der Waals surface area contributed by atoms with E-state index < -0.39 is 16.1 Å². The fraction of sp³-hybridized carbons (Fsp3) is 0.462. The van der Waals surface area contributed by atoms with Gasteiger partial charge in [-0.1, -0.05) is 19.4 Å². The van der Waals surface area contributed by atoms with Crippen molar-refractivity contribution in [2.45, 2.75) is 32.8 Å². The molecule has 0 radical (unpaired) electrons. The minimum absolute atomic E-state index is 0.0539. The maximum absolute atomic E-state index is 11.9. The first kappa shape index (κ1) is 14.6. The van der Waals surface area contributed by atoms with Crippen LogP contribution in [-0.2, 0) is 14.8 Å². The number of unbranched alkanes of at least 4 members (excludes halogenated alkanes) is 1. The lowest BCUT2D eigenvalue weighted by molar-refractivity contribution is -0.122. The summed E-state index contributed by atoms with van der Waals surface area (Å²) in [6.07, 6.45) is 0.796. The summed E-state index contributed by atoms with van der Waals surface area (Å²) in [5.74, 6) is 0.226. The largest absolute Gasteiger partial charge is 0.479 e. The van der Waals surface area contributed by atoms with E-state index in [2.05, 4.69) is 10.0 Å². The highest BCUT2D eigenvalue weighted by Crippen LogP contribution is 2.36. The topological polar surface area (TPSA) is 84.5 Å². The summed E-state index contributed by atoms with van der Waals surface area (Å²) >= 11 is 0. The molecule has 1 heterocycles. The summed E-state index contributed by atoms with van der Waals surface area (Å²) < 4.78 is 31.8.